The van der Waals surface area contributed by atoms with Crippen LogP contribution in [-0.4, -0.2) is 76.6 Å². The molecule has 2 amide bonds. The topological polar surface area (TPSA) is 171 Å². The van der Waals surface area contributed by atoms with Gasteiger partial charge in [-0.1, -0.05) is 73.7 Å². The molecule has 2 aliphatic rings. The summed E-state index contributed by atoms with van der Waals surface area (Å²) in [5, 5.41) is 19.5. The highest BCUT2D eigenvalue weighted by molar-refractivity contribution is 7.15. The zero-order valence-corrected chi connectivity index (χ0v) is 40.3. The minimum atomic E-state index is -0.494. The van der Waals surface area contributed by atoms with Gasteiger partial charge in [0.1, 0.15) is 46.2 Å². The van der Waals surface area contributed by atoms with Crippen LogP contribution < -0.4 is 15.8 Å². The number of likely N-dealkylation sites (tertiary alicyclic amines) is 1. The van der Waals surface area contributed by atoms with E-state index in [9.17, 15) is 9.59 Å². The van der Waals surface area contributed by atoms with Crippen molar-refractivity contribution >= 4 is 57.3 Å². The number of thiophene rings is 1. The van der Waals surface area contributed by atoms with Gasteiger partial charge in [-0.15, -0.1) is 21.5 Å². The molecule has 3 aromatic carbocycles. The number of halogens is 1. The lowest BCUT2D eigenvalue weighted by Crippen LogP contribution is -2.40. The number of nitrogens with two attached hydrogens (primary N) is 1. The number of hydrogen-bond acceptors (Lipinski definition) is 11. The summed E-state index contributed by atoms with van der Waals surface area (Å²) in [6.45, 7) is 8.02. The normalized spacial score (nSPS) is 15.8. The zero-order valence-electron chi connectivity index (χ0n) is 38.7. The maximum Gasteiger partial charge on any atom is 0.246 e. The summed E-state index contributed by atoms with van der Waals surface area (Å²) in [6.07, 6.45) is 14.2. The average Bonchev–Trinajstić information content (AvgIpc) is 4.00. The fourth-order valence-corrected chi connectivity index (χ4v) is 10.4. The van der Waals surface area contributed by atoms with E-state index in [1.165, 1.54) is 11.2 Å². The van der Waals surface area contributed by atoms with Crippen LogP contribution in [-0.2, 0) is 9.59 Å². The molecule has 4 aromatic heterocycles. The smallest absolute Gasteiger partial charge is 0.246 e. The molecule has 7 aromatic rings. The molecular weight excluding hydrogens is 894 g/mol. The van der Waals surface area contributed by atoms with Crippen LogP contribution in [0.25, 0.3) is 27.3 Å². The van der Waals surface area contributed by atoms with Crippen LogP contribution in [0.5, 0.6) is 11.5 Å². The van der Waals surface area contributed by atoms with E-state index in [1.807, 2.05) is 101 Å². The van der Waals surface area contributed by atoms with Crippen molar-refractivity contribution in [2.24, 2.45) is 4.99 Å². The van der Waals surface area contributed by atoms with Crippen molar-refractivity contribution in [2.45, 2.75) is 97.1 Å². The first-order valence-electron chi connectivity index (χ1n) is 23.5. The molecule has 0 unspecified atom stereocenters. The fraction of sp³-hybridized carbons (Fsp3) is 0.346. The van der Waals surface area contributed by atoms with Crippen molar-refractivity contribution in [3.05, 3.63) is 136 Å². The molecule has 14 nitrogen and oxygen atoms in total. The molecule has 9 rings (SSSR count). The number of benzene rings is 3. The predicted octanol–water partition coefficient (Wildman–Crippen LogP) is 10.6. The van der Waals surface area contributed by atoms with E-state index in [0.717, 1.165) is 102 Å². The van der Waals surface area contributed by atoms with E-state index in [1.54, 1.807) is 17.4 Å². The van der Waals surface area contributed by atoms with Crippen LogP contribution >= 0.6 is 22.9 Å². The molecule has 0 aliphatic carbocycles. The molecule has 68 heavy (non-hydrogen) atoms. The maximum absolute atomic E-state index is 13.4. The Bertz CT molecular complexity index is 2960. The van der Waals surface area contributed by atoms with Crippen molar-refractivity contribution < 1.29 is 14.3 Å². The van der Waals surface area contributed by atoms with E-state index in [-0.39, 0.29) is 24.3 Å². The summed E-state index contributed by atoms with van der Waals surface area (Å²) in [6, 6.07) is 24.6. The molecule has 1 fully saturated rings. The summed E-state index contributed by atoms with van der Waals surface area (Å²) < 4.78 is 10.00. The Morgan fingerprint density at radius 3 is 2.43 bits per heavy atom. The number of rotatable bonds is 17. The van der Waals surface area contributed by atoms with E-state index in [2.05, 4.69) is 43.9 Å². The fourth-order valence-electron chi connectivity index (χ4n) is 9.10. The Hall–Kier alpha value is -6.71. The molecule has 0 spiro atoms. The van der Waals surface area contributed by atoms with Gasteiger partial charge >= 0.3 is 0 Å². The number of allylic oxidation sites excluding steroid dienone is 1. The number of carbonyl (C=O) groups is 2. The van der Waals surface area contributed by atoms with Crippen molar-refractivity contribution in [3.63, 3.8) is 0 Å². The van der Waals surface area contributed by atoms with Gasteiger partial charge in [-0.3, -0.25) is 19.1 Å². The summed E-state index contributed by atoms with van der Waals surface area (Å²) in [7, 11) is 0. The van der Waals surface area contributed by atoms with Gasteiger partial charge in [0.25, 0.3) is 0 Å². The van der Waals surface area contributed by atoms with Crippen LogP contribution in [0.4, 0.5) is 5.82 Å². The molecular formula is C52H56ClN11O3S. The van der Waals surface area contributed by atoms with Crippen LogP contribution in [0.3, 0.4) is 0 Å². The first kappa shape index (κ1) is 46.4. The Morgan fingerprint density at radius 2 is 1.63 bits per heavy atom. The maximum atomic E-state index is 13.4. The SMILES string of the molecule is Cc1sc2c(c1C)C(c1ccc(Cl)cc1)=N[C@@H](CC(=O)NCCCCCCCC/C=C/C(=O)N1CCC[C@@H](n3nc(-c4ccc(Oc5ccccc5)cc4)c4c(N)ncnc43)C1)c1nnc(C)n1-2. The number of para-hydroxylation sites is 1. The number of aromatic nitrogens is 7. The second-order valence-corrected chi connectivity index (χ2v) is 19.2. The summed E-state index contributed by atoms with van der Waals surface area (Å²) >= 11 is 7.95. The number of aryl methyl sites for hydroxylation is 2. The van der Waals surface area contributed by atoms with Crippen molar-refractivity contribution in [2.75, 3.05) is 25.4 Å². The lowest BCUT2D eigenvalue weighted by atomic mass is 9.99. The van der Waals surface area contributed by atoms with E-state index in [0.29, 0.717) is 58.8 Å². The molecule has 16 heteroatoms. The molecule has 0 radical (unpaired) electrons. The van der Waals surface area contributed by atoms with E-state index >= 15 is 0 Å². The Balaban J connectivity index is 0.711. The minimum absolute atomic E-state index is 0.0168. The third kappa shape index (κ3) is 10.2. The van der Waals surface area contributed by atoms with Gasteiger partial charge in [0.15, 0.2) is 11.5 Å². The number of nitrogen functional groups attached to an aromatic ring is 1. The van der Waals surface area contributed by atoms with Crippen molar-refractivity contribution in [3.8, 4) is 27.8 Å². The lowest BCUT2D eigenvalue weighted by molar-refractivity contribution is -0.127. The molecule has 350 valence electrons. The number of piperidine rings is 1. The molecule has 3 N–H and O–H groups in total. The van der Waals surface area contributed by atoms with Gasteiger partial charge in [-0.05, 0) is 113 Å². The first-order chi connectivity index (χ1) is 33.1. The van der Waals surface area contributed by atoms with Gasteiger partial charge < -0.3 is 20.7 Å². The van der Waals surface area contributed by atoms with Gasteiger partial charge in [0.2, 0.25) is 11.8 Å². The van der Waals surface area contributed by atoms with Crippen LogP contribution in [0.2, 0.25) is 5.02 Å². The zero-order chi connectivity index (χ0) is 47.1. The second-order valence-electron chi connectivity index (χ2n) is 17.5. The van der Waals surface area contributed by atoms with Crippen molar-refractivity contribution in [1.29, 1.82) is 0 Å². The monoisotopic (exact) mass is 949 g/mol. The summed E-state index contributed by atoms with van der Waals surface area (Å²) in [5.41, 5.74) is 12.7. The summed E-state index contributed by atoms with van der Waals surface area (Å²) in [4.78, 5) is 44.0. The minimum Gasteiger partial charge on any atom is -0.457 e. The number of carbonyl (C=O) groups excluding carboxylic acids is 2. The van der Waals surface area contributed by atoms with Crippen molar-refractivity contribution in [1.82, 2.24) is 44.7 Å². The molecule has 0 saturated carbocycles. The lowest BCUT2D eigenvalue weighted by Gasteiger charge is -2.32. The number of hydrogen-bond donors (Lipinski definition) is 2. The number of nitrogens with zero attached hydrogens (tertiary/aromatic N) is 9. The summed E-state index contributed by atoms with van der Waals surface area (Å²) in [5.74, 6) is 3.24. The first-order valence-corrected chi connectivity index (χ1v) is 24.7. The highest BCUT2D eigenvalue weighted by Gasteiger charge is 2.33. The van der Waals surface area contributed by atoms with Gasteiger partial charge in [0.05, 0.1) is 23.6 Å². The largest absolute Gasteiger partial charge is 0.457 e. The molecule has 6 heterocycles. The number of nitrogens with one attached hydrogen (secondary N) is 1. The molecule has 1 saturated heterocycles. The Labute approximate surface area is 405 Å². The average molecular weight is 951 g/mol. The van der Waals surface area contributed by atoms with E-state index < -0.39 is 6.04 Å². The molecule has 0 bridgehead atoms. The van der Waals surface area contributed by atoms with Crippen LogP contribution in [0.15, 0.2) is 102 Å². The third-order valence-corrected chi connectivity index (χ3v) is 14.2. The number of fused-ring (bicyclic) bond motifs is 4. The van der Waals surface area contributed by atoms with Crippen LogP contribution in [0, 0.1) is 20.8 Å². The van der Waals surface area contributed by atoms with Gasteiger partial charge in [-0.2, -0.15) is 5.10 Å². The highest BCUT2D eigenvalue weighted by atomic mass is 35.5. The standard InChI is InChI=1S/C52H56ClN11O3S/c1-33-34(2)68-52-45(33)47(36-20-24-38(53)25-21-36)58-42(50-60-59-35(3)63(50)52)30-43(65)55-28-14-9-7-5-4-6-8-13-19-44(66)62-29-15-16-39(31-62)64-51-46(49(54)56-32-57-51)48(61-64)37-22-26-41(27-23-37)67-40-17-11-10-12-18-40/h10-13,17-27,32,39,42H,4-9,14-16,28-31H2,1-3H3,(H,55,65)(H2,54,56,57)/b19-13+/t39-,42+/m1/s1. The van der Waals surface area contributed by atoms with Crippen LogP contribution in [0.1, 0.15) is 110 Å². The van der Waals surface area contributed by atoms with Gasteiger partial charge in [0, 0.05) is 46.2 Å². The van der Waals surface area contributed by atoms with Gasteiger partial charge in [-0.25, -0.2) is 14.6 Å². The number of amides is 2. The molecule has 2 aliphatic heterocycles. The predicted molar refractivity (Wildman–Crippen MR) is 269 cm³/mol. The number of anilines is 1. The van der Waals surface area contributed by atoms with E-state index in [4.69, 9.17) is 32.2 Å². The number of ether oxygens (including phenoxy) is 1. The highest BCUT2D eigenvalue weighted by Crippen LogP contribution is 2.40. The Kier molecular flexibility index (Phi) is 14.4. The quantitative estimate of drug-likeness (QED) is 0.0666. The number of unbranched alkanes of at least 4 members (excludes halogenated alkanes) is 6. The second kappa shape index (κ2) is 21.1. The molecule has 2 atom stereocenters. The number of aliphatic imine (C=N–C) groups is 1. The Morgan fingerprint density at radius 1 is 0.897 bits per heavy atom. The third-order valence-electron chi connectivity index (χ3n) is 12.8.